The first-order valence-electron chi connectivity index (χ1n) is 6.47. The van der Waals surface area contributed by atoms with Gasteiger partial charge in [-0.2, -0.15) is 0 Å². The standard InChI is InChI=1S/C16H13N3O2/c1-11-2-4-12(5-3-11)14-10-18-21-16(14)19-15(20)13-6-8-17-9-7-13/h2-10H,1H3,(H,19,20). The maximum absolute atomic E-state index is 12.1. The molecule has 0 saturated carbocycles. The predicted octanol–water partition coefficient (Wildman–Crippen LogP) is 3.30. The highest BCUT2D eigenvalue weighted by Crippen LogP contribution is 2.28. The van der Waals surface area contributed by atoms with Gasteiger partial charge in [-0.15, -0.1) is 0 Å². The van der Waals surface area contributed by atoms with E-state index in [9.17, 15) is 4.79 Å². The molecule has 0 radical (unpaired) electrons. The summed E-state index contributed by atoms with van der Waals surface area (Å²) < 4.78 is 5.14. The molecule has 5 heteroatoms. The Morgan fingerprint density at radius 2 is 1.81 bits per heavy atom. The number of hydrogen-bond acceptors (Lipinski definition) is 4. The van der Waals surface area contributed by atoms with E-state index in [0.29, 0.717) is 11.4 Å². The van der Waals surface area contributed by atoms with E-state index < -0.39 is 0 Å². The first kappa shape index (κ1) is 13.1. The van der Waals surface area contributed by atoms with Crippen LogP contribution in [0.4, 0.5) is 5.88 Å². The summed E-state index contributed by atoms with van der Waals surface area (Å²) in [6, 6.07) is 11.2. The summed E-state index contributed by atoms with van der Waals surface area (Å²) in [5, 5.41) is 6.49. The molecule has 0 bridgehead atoms. The van der Waals surface area contributed by atoms with Crippen LogP contribution in [0.15, 0.2) is 59.5 Å². The van der Waals surface area contributed by atoms with Gasteiger partial charge in [0.2, 0.25) is 5.88 Å². The second-order valence-corrected chi connectivity index (χ2v) is 4.62. The average molecular weight is 279 g/mol. The molecule has 0 unspecified atom stereocenters. The van der Waals surface area contributed by atoms with E-state index in [0.717, 1.165) is 16.7 Å². The Balaban J connectivity index is 1.86. The molecule has 3 rings (SSSR count). The molecule has 5 nitrogen and oxygen atoms in total. The molecular weight excluding hydrogens is 266 g/mol. The average Bonchev–Trinajstić information content (AvgIpc) is 2.97. The number of nitrogens with zero attached hydrogens (tertiary/aromatic N) is 2. The smallest absolute Gasteiger partial charge is 0.258 e. The minimum Gasteiger partial charge on any atom is -0.338 e. The third-order valence-corrected chi connectivity index (χ3v) is 3.10. The van der Waals surface area contributed by atoms with E-state index >= 15 is 0 Å². The zero-order valence-electron chi connectivity index (χ0n) is 11.4. The van der Waals surface area contributed by atoms with Gasteiger partial charge >= 0.3 is 0 Å². The third-order valence-electron chi connectivity index (χ3n) is 3.10. The highest BCUT2D eigenvalue weighted by Gasteiger charge is 2.14. The first-order valence-corrected chi connectivity index (χ1v) is 6.47. The van der Waals surface area contributed by atoms with Gasteiger partial charge in [0.1, 0.15) is 0 Å². The molecule has 1 N–H and O–H groups in total. The van der Waals surface area contributed by atoms with Crippen LogP contribution in [0.2, 0.25) is 0 Å². The molecule has 0 saturated heterocycles. The Bertz CT molecular complexity index is 749. The molecule has 0 aliphatic rings. The van der Waals surface area contributed by atoms with Gasteiger partial charge < -0.3 is 4.52 Å². The SMILES string of the molecule is Cc1ccc(-c2cnoc2NC(=O)c2ccncc2)cc1. The quantitative estimate of drug-likeness (QED) is 0.798. The fourth-order valence-electron chi connectivity index (χ4n) is 1.95. The highest BCUT2D eigenvalue weighted by molar-refractivity contribution is 6.05. The Hall–Kier alpha value is -2.95. The number of nitrogens with one attached hydrogen (secondary N) is 1. The third kappa shape index (κ3) is 2.81. The molecule has 1 aromatic carbocycles. The Morgan fingerprint density at radius 3 is 2.52 bits per heavy atom. The topological polar surface area (TPSA) is 68.0 Å². The summed E-state index contributed by atoms with van der Waals surface area (Å²) in [4.78, 5) is 16.0. The molecule has 1 amide bonds. The first-order chi connectivity index (χ1) is 10.2. The zero-order valence-corrected chi connectivity index (χ0v) is 11.4. The van der Waals surface area contributed by atoms with Gasteiger partial charge in [0.25, 0.3) is 5.91 Å². The summed E-state index contributed by atoms with van der Waals surface area (Å²) in [6.07, 6.45) is 4.72. The second kappa shape index (κ2) is 5.58. The second-order valence-electron chi connectivity index (χ2n) is 4.62. The maximum Gasteiger partial charge on any atom is 0.258 e. The lowest BCUT2D eigenvalue weighted by Crippen LogP contribution is -2.11. The molecule has 2 heterocycles. The van der Waals surface area contributed by atoms with Gasteiger partial charge in [-0.1, -0.05) is 35.0 Å². The van der Waals surface area contributed by atoms with Crippen LogP contribution in [0.1, 0.15) is 15.9 Å². The number of carbonyl (C=O) groups excluding carboxylic acids is 1. The molecule has 104 valence electrons. The van der Waals surface area contributed by atoms with Gasteiger partial charge in [-0.3, -0.25) is 15.1 Å². The lowest BCUT2D eigenvalue weighted by molar-refractivity contribution is 0.102. The van der Waals surface area contributed by atoms with Crippen molar-refractivity contribution >= 4 is 11.8 Å². The number of carbonyl (C=O) groups is 1. The maximum atomic E-state index is 12.1. The van der Waals surface area contributed by atoms with Gasteiger partial charge in [0.15, 0.2) is 0 Å². The fourth-order valence-corrected chi connectivity index (χ4v) is 1.95. The lowest BCUT2D eigenvalue weighted by atomic mass is 10.1. The number of hydrogen-bond donors (Lipinski definition) is 1. The molecule has 21 heavy (non-hydrogen) atoms. The van der Waals surface area contributed by atoms with Crippen molar-refractivity contribution in [3.05, 3.63) is 66.1 Å². The van der Waals surface area contributed by atoms with Crippen LogP contribution in [0, 0.1) is 6.92 Å². The van der Waals surface area contributed by atoms with Crippen LogP contribution in [-0.4, -0.2) is 16.0 Å². The zero-order chi connectivity index (χ0) is 14.7. The van der Waals surface area contributed by atoms with Crippen molar-refractivity contribution in [3.63, 3.8) is 0 Å². The molecule has 0 spiro atoms. The molecule has 0 aliphatic carbocycles. The van der Waals surface area contributed by atoms with Gasteiger partial charge in [-0.25, -0.2) is 0 Å². The number of benzene rings is 1. The Kier molecular flexibility index (Phi) is 3.47. The van der Waals surface area contributed by atoms with E-state index in [1.165, 1.54) is 0 Å². The molecule has 0 fully saturated rings. The van der Waals surface area contributed by atoms with Crippen LogP contribution in [0.3, 0.4) is 0 Å². The molecular formula is C16H13N3O2. The Morgan fingerprint density at radius 1 is 1.10 bits per heavy atom. The van der Waals surface area contributed by atoms with Crippen LogP contribution < -0.4 is 5.32 Å². The van der Waals surface area contributed by atoms with Crippen LogP contribution >= 0.6 is 0 Å². The fraction of sp³-hybridized carbons (Fsp3) is 0.0625. The molecule has 0 atom stereocenters. The van der Waals surface area contributed by atoms with E-state index in [-0.39, 0.29) is 5.91 Å². The van der Waals surface area contributed by atoms with Gasteiger partial charge in [-0.05, 0) is 24.6 Å². The van der Waals surface area contributed by atoms with Crippen molar-refractivity contribution in [1.82, 2.24) is 10.1 Å². The summed E-state index contributed by atoms with van der Waals surface area (Å²) in [5.41, 5.74) is 3.36. The normalized spacial score (nSPS) is 10.3. The van der Waals surface area contributed by atoms with Gasteiger partial charge in [0.05, 0.1) is 11.8 Å². The van der Waals surface area contributed by atoms with Crippen LogP contribution in [0.5, 0.6) is 0 Å². The number of pyridine rings is 1. The van der Waals surface area contributed by atoms with Crippen LogP contribution in [0.25, 0.3) is 11.1 Å². The molecule has 3 aromatic rings. The van der Waals surface area contributed by atoms with Crippen molar-refractivity contribution < 1.29 is 9.32 Å². The van der Waals surface area contributed by atoms with E-state index in [2.05, 4.69) is 15.5 Å². The number of anilines is 1. The van der Waals surface area contributed by atoms with E-state index in [1.54, 1.807) is 30.7 Å². The molecule has 2 aromatic heterocycles. The molecule has 0 aliphatic heterocycles. The number of aromatic nitrogens is 2. The number of aryl methyl sites for hydroxylation is 1. The summed E-state index contributed by atoms with van der Waals surface area (Å²) in [7, 11) is 0. The lowest BCUT2D eigenvalue weighted by Gasteiger charge is -2.04. The number of amides is 1. The minimum absolute atomic E-state index is 0.262. The summed E-state index contributed by atoms with van der Waals surface area (Å²) in [5.74, 6) is 0.0724. The minimum atomic E-state index is -0.262. The summed E-state index contributed by atoms with van der Waals surface area (Å²) >= 11 is 0. The van der Waals surface area contributed by atoms with E-state index in [1.807, 2.05) is 31.2 Å². The van der Waals surface area contributed by atoms with E-state index in [4.69, 9.17) is 4.52 Å². The number of rotatable bonds is 3. The van der Waals surface area contributed by atoms with Crippen molar-refractivity contribution in [2.75, 3.05) is 5.32 Å². The van der Waals surface area contributed by atoms with Crippen molar-refractivity contribution in [1.29, 1.82) is 0 Å². The monoisotopic (exact) mass is 279 g/mol. The largest absolute Gasteiger partial charge is 0.338 e. The Labute approximate surface area is 121 Å². The van der Waals surface area contributed by atoms with Crippen LogP contribution in [-0.2, 0) is 0 Å². The van der Waals surface area contributed by atoms with Crippen molar-refractivity contribution in [3.8, 4) is 11.1 Å². The predicted molar refractivity (Wildman–Crippen MR) is 78.9 cm³/mol. The summed E-state index contributed by atoms with van der Waals surface area (Å²) in [6.45, 7) is 2.02. The van der Waals surface area contributed by atoms with Gasteiger partial charge in [0, 0.05) is 18.0 Å². The van der Waals surface area contributed by atoms with Crippen molar-refractivity contribution in [2.24, 2.45) is 0 Å². The van der Waals surface area contributed by atoms with Crippen molar-refractivity contribution in [2.45, 2.75) is 6.92 Å². The highest BCUT2D eigenvalue weighted by atomic mass is 16.5.